The highest BCUT2D eigenvalue weighted by molar-refractivity contribution is 7.89. The van der Waals surface area contributed by atoms with Gasteiger partial charge in [-0.05, 0) is 29.7 Å². The van der Waals surface area contributed by atoms with E-state index in [4.69, 9.17) is 0 Å². The minimum absolute atomic E-state index is 0.0731. The Bertz CT molecular complexity index is 1260. The highest BCUT2D eigenvalue weighted by Gasteiger charge is 2.38. The van der Waals surface area contributed by atoms with Gasteiger partial charge in [0, 0.05) is 31.6 Å². The Hall–Kier alpha value is -3.21. The van der Waals surface area contributed by atoms with Crippen LogP contribution < -0.4 is 15.4 Å². The zero-order chi connectivity index (χ0) is 26.5. The van der Waals surface area contributed by atoms with Gasteiger partial charge in [-0.25, -0.2) is 13.1 Å². The lowest BCUT2D eigenvalue weighted by Crippen LogP contribution is -2.52. The number of sulfonamides is 1. The van der Waals surface area contributed by atoms with E-state index in [0.717, 1.165) is 29.3 Å². The van der Waals surface area contributed by atoms with E-state index >= 15 is 0 Å². The summed E-state index contributed by atoms with van der Waals surface area (Å²) >= 11 is 0. The lowest BCUT2D eigenvalue weighted by molar-refractivity contribution is -0.139. The van der Waals surface area contributed by atoms with Gasteiger partial charge in [-0.2, -0.15) is 13.2 Å². The number of hydrogen-bond acceptors (Lipinski definition) is 4. The molecule has 1 saturated heterocycles. The number of nitrogens with one attached hydrogen (secondary N) is 3. The molecule has 1 aliphatic rings. The Balaban J connectivity index is 1.43. The molecule has 0 aliphatic carbocycles. The predicted octanol–water partition coefficient (Wildman–Crippen LogP) is 3.91. The van der Waals surface area contributed by atoms with Crippen molar-refractivity contribution in [2.24, 2.45) is 5.92 Å². The van der Waals surface area contributed by atoms with Crippen LogP contribution in [0.1, 0.15) is 29.0 Å². The monoisotopic (exact) mass is 531 g/mol. The third-order valence-corrected chi connectivity index (χ3v) is 7.99. The maximum Gasteiger partial charge on any atom is 0.417 e. The topological polar surface area (TPSA) is 87.3 Å². The molecule has 1 heterocycles. The number of amides is 1. The van der Waals surface area contributed by atoms with Gasteiger partial charge in [0.1, 0.15) is 0 Å². The van der Waals surface area contributed by atoms with Gasteiger partial charge < -0.3 is 10.6 Å². The molecule has 6 nitrogen and oxygen atoms in total. The van der Waals surface area contributed by atoms with Gasteiger partial charge in [0.25, 0.3) is 0 Å². The third kappa shape index (κ3) is 6.76. The van der Waals surface area contributed by atoms with Crippen LogP contribution in [0, 0.1) is 5.92 Å². The Morgan fingerprint density at radius 2 is 1.46 bits per heavy atom. The summed E-state index contributed by atoms with van der Waals surface area (Å²) in [6, 6.07) is 22.9. The molecule has 1 aliphatic heterocycles. The first-order chi connectivity index (χ1) is 17.6. The SMILES string of the molecule is O=C(NCC(c1ccccc1)c1ccccc1)C1CNCC(NS(=O)(=O)c2ccccc2C(F)(F)F)C1. The van der Waals surface area contributed by atoms with Gasteiger partial charge >= 0.3 is 6.18 Å². The predicted molar refractivity (Wildman–Crippen MR) is 134 cm³/mol. The molecule has 2 atom stereocenters. The lowest BCUT2D eigenvalue weighted by atomic mass is 9.90. The van der Waals surface area contributed by atoms with Crippen molar-refractivity contribution in [2.45, 2.75) is 29.5 Å². The van der Waals surface area contributed by atoms with Crippen molar-refractivity contribution in [3.63, 3.8) is 0 Å². The number of benzene rings is 3. The molecule has 196 valence electrons. The van der Waals surface area contributed by atoms with Gasteiger partial charge in [-0.1, -0.05) is 72.8 Å². The van der Waals surface area contributed by atoms with E-state index in [1.54, 1.807) is 0 Å². The largest absolute Gasteiger partial charge is 0.417 e. The fourth-order valence-electron chi connectivity index (χ4n) is 4.60. The van der Waals surface area contributed by atoms with Gasteiger partial charge in [-0.3, -0.25) is 4.79 Å². The van der Waals surface area contributed by atoms with Crippen LogP contribution in [-0.2, 0) is 21.0 Å². The van der Waals surface area contributed by atoms with E-state index in [0.29, 0.717) is 13.1 Å². The number of halogens is 3. The van der Waals surface area contributed by atoms with Crippen LogP contribution in [0.2, 0.25) is 0 Å². The summed E-state index contributed by atoms with van der Waals surface area (Å²) < 4.78 is 68.1. The number of rotatable bonds is 8. The minimum atomic E-state index is -4.81. The molecule has 0 saturated carbocycles. The van der Waals surface area contributed by atoms with E-state index in [1.165, 1.54) is 6.07 Å². The molecular formula is C27H28F3N3O3S. The van der Waals surface area contributed by atoms with E-state index in [2.05, 4.69) is 15.4 Å². The number of piperidine rings is 1. The van der Waals surface area contributed by atoms with Crippen LogP contribution in [0.25, 0.3) is 0 Å². The summed E-state index contributed by atoms with van der Waals surface area (Å²) in [7, 11) is -4.46. The van der Waals surface area contributed by atoms with E-state index in [-0.39, 0.29) is 24.8 Å². The van der Waals surface area contributed by atoms with Gasteiger partial charge in [-0.15, -0.1) is 0 Å². The molecular weight excluding hydrogens is 503 g/mol. The molecule has 37 heavy (non-hydrogen) atoms. The van der Waals surface area contributed by atoms with Crippen LogP contribution in [-0.4, -0.2) is 40.0 Å². The van der Waals surface area contributed by atoms with E-state index < -0.39 is 38.6 Å². The number of carbonyl (C=O) groups is 1. The minimum Gasteiger partial charge on any atom is -0.355 e. The summed E-state index contributed by atoms with van der Waals surface area (Å²) in [6.45, 7) is 0.886. The molecule has 3 aromatic carbocycles. The van der Waals surface area contributed by atoms with Crippen molar-refractivity contribution in [3.8, 4) is 0 Å². The average molecular weight is 532 g/mol. The van der Waals surface area contributed by atoms with Crippen LogP contribution in [0.5, 0.6) is 0 Å². The summed E-state index contributed by atoms with van der Waals surface area (Å²) in [5.41, 5.74) is 0.864. The average Bonchev–Trinajstić information content (AvgIpc) is 2.89. The Morgan fingerprint density at radius 1 is 0.892 bits per heavy atom. The molecule has 0 aromatic heterocycles. The molecule has 1 fully saturated rings. The standard InChI is InChI=1S/C27H28F3N3O3S/c28-27(29,30)24-13-7-8-14-25(24)37(35,36)33-22-15-21(16-31-17-22)26(34)32-18-23(19-9-3-1-4-10-19)20-11-5-2-6-12-20/h1-14,21-23,31,33H,15-18H2,(H,32,34). The van der Waals surface area contributed by atoms with Crippen LogP contribution in [0.4, 0.5) is 13.2 Å². The summed E-state index contributed by atoms with van der Waals surface area (Å²) in [6.07, 6.45) is -4.65. The quantitative estimate of drug-likeness (QED) is 0.412. The fraction of sp³-hybridized carbons (Fsp3) is 0.296. The molecule has 10 heteroatoms. The van der Waals surface area contributed by atoms with E-state index in [1.807, 2.05) is 60.7 Å². The third-order valence-electron chi connectivity index (χ3n) is 6.41. The smallest absolute Gasteiger partial charge is 0.355 e. The highest BCUT2D eigenvalue weighted by Crippen LogP contribution is 2.34. The fourth-order valence-corrected chi connectivity index (χ4v) is 6.07. The Labute approximate surface area is 214 Å². The second-order valence-corrected chi connectivity index (χ2v) is 10.7. The molecule has 2 unspecified atom stereocenters. The second-order valence-electron chi connectivity index (χ2n) is 9.02. The number of hydrogen-bond donors (Lipinski definition) is 3. The molecule has 0 bridgehead atoms. The zero-order valence-electron chi connectivity index (χ0n) is 19.9. The van der Waals surface area contributed by atoms with Crippen molar-refractivity contribution >= 4 is 15.9 Å². The van der Waals surface area contributed by atoms with Crippen LogP contribution >= 0.6 is 0 Å². The van der Waals surface area contributed by atoms with E-state index in [9.17, 15) is 26.4 Å². The van der Waals surface area contributed by atoms with Crippen molar-refractivity contribution in [3.05, 3.63) is 102 Å². The maximum atomic E-state index is 13.4. The Kier molecular flexibility index (Phi) is 8.31. The summed E-state index contributed by atoms with van der Waals surface area (Å²) in [4.78, 5) is 12.2. The van der Waals surface area contributed by atoms with Crippen molar-refractivity contribution < 1.29 is 26.4 Å². The number of alkyl halides is 3. The molecule has 3 N–H and O–H groups in total. The first-order valence-electron chi connectivity index (χ1n) is 11.9. The molecule has 4 rings (SSSR count). The molecule has 0 spiro atoms. The zero-order valence-corrected chi connectivity index (χ0v) is 20.7. The molecule has 0 radical (unpaired) electrons. The van der Waals surface area contributed by atoms with Crippen LogP contribution in [0.15, 0.2) is 89.8 Å². The summed E-state index contributed by atoms with van der Waals surface area (Å²) in [5.74, 6) is -0.869. The van der Waals surface area contributed by atoms with Crippen molar-refractivity contribution in [1.29, 1.82) is 0 Å². The second kappa shape index (κ2) is 11.5. The molecule has 1 amide bonds. The highest BCUT2D eigenvalue weighted by atomic mass is 32.2. The van der Waals surface area contributed by atoms with Crippen molar-refractivity contribution in [1.82, 2.24) is 15.4 Å². The maximum absolute atomic E-state index is 13.4. The van der Waals surface area contributed by atoms with Crippen molar-refractivity contribution in [2.75, 3.05) is 19.6 Å². The lowest BCUT2D eigenvalue weighted by Gasteiger charge is -2.30. The number of carbonyl (C=O) groups excluding carboxylic acids is 1. The Morgan fingerprint density at radius 3 is 2.05 bits per heavy atom. The normalized spacial score (nSPS) is 18.5. The molecule has 3 aromatic rings. The first kappa shape index (κ1) is 26.8. The van der Waals surface area contributed by atoms with Gasteiger partial charge in [0.05, 0.1) is 16.4 Å². The van der Waals surface area contributed by atoms with Gasteiger partial charge in [0.15, 0.2) is 0 Å². The summed E-state index contributed by atoms with van der Waals surface area (Å²) in [5, 5.41) is 6.01. The van der Waals surface area contributed by atoms with Gasteiger partial charge in [0.2, 0.25) is 15.9 Å². The first-order valence-corrected chi connectivity index (χ1v) is 13.4. The van der Waals surface area contributed by atoms with Crippen LogP contribution in [0.3, 0.4) is 0 Å².